The second-order valence-corrected chi connectivity index (χ2v) is 8.31. The van der Waals surface area contributed by atoms with Gasteiger partial charge in [-0.15, -0.1) is 0 Å². The van der Waals surface area contributed by atoms with Crippen molar-refractivity contribution in [3.05, 3.63) is 96.7 Å². The number of para-hydroxylation sites is 1. The Morgan fingerprint density at radius 3 is 2.37 bits per heavy atom. The number of hydrogen-bond donors (Lipinski definition) is 0. The fourth-order valence-corrected chi connectivity index (χ4v) is 4.67. The van der Waals surface area contributed by atoms with E-state index in [0.717, 1.165) is 11.4 Å². The minimum atomic E-state index is 0.475. The van der Waals surface area contributed by atoms with Gasteiger partial charge < -0.3 is 4.90 Å². The summed E-state index contributed by atoms with van der Waals surface area (Å²) in [6.45, 7) is 4.50. The zero-order valence-corrected chi connectivity index (χ0v) is 17.1. The molecule has 0 saturated heterocycles. The Balaban J connectivity index is 1.80. The maximum Gasteiger partial charge on any atom is 0.0956 e. The SMILES string of the molecule is CC(C)c1ccc2cnc3c(c2c1)N(c1ccccc1)c1cccc2cccc-3c12. The minimum Gasteiger partial charge on any atom is -0.307 e. The van der Waals surface area contributed by atoms with Gasteiger partial charge in [-0.3, -0.25) is 4.98 Å². The number of anilines is 3. The van der Waals surface area contributed by atoms with Gasteiger partial charge in [0.15, 0.2) is 0 Å². The van der Waals surface area contributed by atoms with Crippen molar-refractivity contribution in [1.29, 1.82) is 0 Å². The summed E-state index contributed by atoms with van der Waals surface area (Å²) in [5.41, 5.74) is 7.16. The second kappa shape index (κ2) is 6.43. The number of pyridine rings is 1. The number of nitrogens with zero attached hydrogens (tertiary/aromatic N) is 2. The highest BCUT2D eigenvalue weighted by Crippen LogP contribution is 2.52. The normalized spacial score (nSPS) is 12.6. The van der Waals surface area contributed by atoms with Gasteiger partial charge in [-0.05, 0) is 41.1 Å². The third-order valence-corrected chi connectivity index (χ3v) is 6.17. The van der Waals surface area contributed by atoms with Gasteiger partial charge in [-0.25, -0.2) is 0 Å². The lowest BCUT2D eigenvalue weighted by atomic mass is 9.91. The zero-order valence-electron chi connectivity index (χ0n) is 17.1. The van der Waals surface area contributed by atoms with Crippen LogP contribution in [0, 0.1) is 0 Å². The zero-order chi connectivity index (χ0) is 20.2. The van der Waals surface area contributed by atoms with Crippen LogP contribution in [0.4, 0.5) is 17.1 Å². The summed E-state index contributed by atoms with van der Waals surface area (Å²) < 4.78 is 0. The van der Waals surface area contributed by atoms with E-state index in [4.69, 9.17) is 4.98 Å². The van der Waals surface area contributed by atoms with Crippen LogP contribution in [0.5, 0.6) is 0 Å². The summed E-state index contributed by atoms with van der Waals surface area (Å²) in [6.07, 6.45) is 2.02. The van der Waals surface area contributed by atoms with Gasteiger partial charge >= 0.3 is 0 Å². The number of benzene rings is 4. The second-order valence-electron chi connectivity index (χ2n) is 8.31. The monoisotopic (exact) mass is 386 g/mol. The first-order valence-corrected chi connectivity index (χ1v) is 10.5. The average molecular weight is 386 g/mol. The molecule has 2 nitrogen and oxygen atoms in total. The van der Waals surface area contributed by atoms with Crippen LogP contribution in [-0.2, 0) is 0 Å². The van der Waals surface area contributed by atoms with Gasteiger partial charge in [-0.1, -0.05) is 74.5 Å². The highest BCUT2D eigenvalue weighted by Gasteiger charge is 2.28. The Morgan fingerprint density at radius 2 is 1.57 bits per heavy atom. The average Bonchev–Trinajstić information content (AvgIpc) is 2.79. The van der Waals surface area contributed by atoms with Crippen molar-refractivity contribution in [3.8, 4) is 11.3 Å². The van der Waals surface area contributed by atoms with E-state index in [1.807, 2.05) is 6.20 Å². The van der Waals surface area contributed by atoms with Gasteiger partial charge in [0.25, 0.3) is 0 Å². The van der Waals surface area contributed by atoms with Crippen LogP contribution in [0.2, 0.25) is 0 Å². The third kappa shape index (κ3) is 2.40. The highest BCUT2D eigenvalue weighted by molar-refractivity contribution is 6.17. The Bertz CT molecular complexity index is 1410. The van der Waals surface area contributed by atoms with Gasteiger partial charge in [0.1, 0.15) is 0 Å². The molecule has 0 unspecified atom stereocenters. The van der Waals surface area contributed by atoms with Gasteiger partial charge in [0.2, 0.25) is 0 Å². The van der Waals surface area contributed by atoms with Crippen LogP contribution in [0.3, 0.4) is 0 Å². The minimum absolute atomic E-state index is 0.475. The lowest BCUT2D eigenvalue weighted by Gasteiger charge is -2.34. The number of rotatable bonds is 2. The van der Waals surface area contributed by atoms with Crippen molar-refractivity contribution in [1.82, 2.24) is 4.98 Å². The van der Waals surface area contributed by atoms with Crippen LogP contribution in [0.1, 0.15) is 25.3 Å². The van der Waals surface area contributed by atoms with E-state index in [2.05, 4.69) is 104 Å². The molecule has 0 spiro atoms. The predicted octanol–water partition coefficient (Wildman–Crippen LogP) is 7.96. The molecule has 0 N–H and O–H groups in total. The van der Waals surface area contributed by atoms with E-state index in [0.29, 0.717) is 5.92 Å². The number of aromatic nitrogens is 1. The molecule has 144 valence electrons. The smallest absolute Gasteiger partial charge is 0.0956 e. The molecule has 0 saturated carbocycles. The topological polar surface area (TPSA) is 16.1 Å². The standard InChI is InChI=1S/C28H22N2/c1-18(2)20-14-15-21-17-29-27-23-12-6-8-19-9-7-13-25(26(19)23)30(28(27)24(21)16-20)22-10-4-3-5-11-22/h3-18H,1-2H3. The fraction of sp³-hybridized carbons (Fsp3) is 0.107. The van der Waals surface area contributed by atoms with Crippen molar-refractivity contribution in [2.24, 2.45) is 0 Å². The Kier molecular flexibility index (Phi) is 3.69. The van der Waals surface area contributed by atoms with Crippen molar-refractivity contribution in [2.75, 3.05) is 4.90 Å². The highest BCUT2D eigenvalue weighted by atomic mass is 15.2. The van der Waals surface area contributed by atoms with Crippen LogP contribution in [0.15, 0.2) is 91.1 Å². The van der Waals surface area contributed by atoms with Crippen LogP contribution >= 0.6 is 0 Å². The van der Waals surface area contributed by atoms with Crippen LogP contribution in [0.25, 0.3) is 32.8 Å². The molecule has 2 heterocycles. The molecule has 0 radical (unpaired) electrons. The summed E-state index contributed by atoms with van der Waals surface area (Å²) in [7, 11) is 0. The summed E-state index contributed by atoms with van der Waals surface area (Å²) >= 11 is 0. The van der Waals surface area contributed by atoms with Crippen molar-refractivity contribution < 1.29 is 0 Å². The molecule has 30 heavy (non-hydrogen) atoms. The van der Waals surface area contributed by atoms with E-state index in [1.165, 1.54) is 44.0 Å². The van der Waals surface area contributed by atoms with Crippen LogP contribution in [-0.4, -0.2) is 4.98 Å². The first-order valence-electron chi connectivity index (χ1n) is 10.5. The van der Waals surface area contributed by atoms with E-state index < -0.39 is 0 Å². The largest absolute Gasteiger partial charge is 0.307 e. The van der Waals surface area contributed by atoms with Crippen molar-refractivity contribution >= 4 is 38.6 Å². The molecule has 5 aromatic rings. The first-order chi connectivity index (χ1) is 14.7. The molecule has 0 atom stereocenters. The maximum atomic E-state index is 4.98. The molecule has 6 rings (SSSR count). The lowest BCUT2D eigenvalue weighted by molar-refractivity contribution is 0.868. The summed E-state index contributed by atoms with van der Waals surface area (Å²) in [5, 5.41) is 4.94. The molecule has 0 amide bonds. The van der Waals surface area contributed by atoms with Crippen LogP contribution < -0.4 is 4.90 Å². The first kappa shape index (κ1) is 17.2. The Morgan fingerprint density at radius 1 is 0.767 bits per heavy atom. The molecule has 2 heteroatoms. The molecule has 0 aliphatic carbocycles. The predicted molar refractivity (Wildman–Crippen MR) is 127 cm³/mol. The van der Waals surface area contributed by atoms with Crippen molar-refractivity contribution in [3.63, 3.8) is 0 Å². The maximum absolute atomic E-state index is 4.98. The van der Waals surface area contributed by atoms with E-state index >= 15 is 0 Å². The summed E-state index contributed by atoms with van der Waals surface area (Å²) in [4.78, 5) is 7.37. The van der Waals surface area contributed by atoms with Crippen molar-refractivity contribution in [2.45, 2.75) is 19.8 Å². The summed E-state index contributed by atoms with van der Waals surface area (Å²) in [6, 6.07) is 30.5. The Hall–Kier alpha value is -3.65. The molecular formula is C28H22N2. The van der Waals surface area contributed by atoms with E-state index in [1.54, 1.807) is 0 Å². The molecule has 1 aromatic heterocycles. The van der Waals surface area contributed by atoms with Gasteiger partial charge in [0.05, 0.1) is 17.1 Å². The fourth-order valence-electron chi connectivity index (χ4n) is 4.67. The van der Waals surface area contributed by atoms with E-state index in [-0.39, 0.29) is 0 Å². The van der Waals surface area contributed by atoms with Gasteiger partial charge in [0, 0.05) is 33.6 Å². The summed E-state index contributed by atoms with van der Waals surface area (Å²) in [5.74, 6) is 0.475. The number of fused-ring (bicyclic) bond motifs is 4. The Labute approximate surface area is 176 Å². The third-order valence-electron chi connectivity index (χ3n) is 6.17. The molecule has 0 bridgehead atoms. The number of hydrogen-bond acceptors (Lipinski definition) is 2. The molecule has 1 aliphatic rings. The lowest BCUT2D eigenvalue weighted by Crippen LogP contribution is -2.16. The van der Waals surface area contributed by atoms with E-state index in [9.17, 15) is 0 Å². The molecule has 0 fully saturated rings. The van der Waals surface area contributed by atoms with Gasteiger partial charge in [-0.2, -0.15) is 0 Å². The quantitative estimate of drug-likeness (QED) is 0.300. The molecule has 1 aliphatic heterocycles. The molecular weight excluding hydrogens is 364 g/mol. The molecule has 4 aromatic carbocycles.